The largest absolute Gasteiger partial charge is 0.394 e. The summed E-state index contributed by atoms with van der Waals surface area (Å²) in [6.07, 6.45) is -5.10. The number of hydrogen-bond acceptors (Lipinski definition) is 9. The molecule has 2 rings (SSSR count). The first-order chi connectivity index (χ1) is 10.4. The molecule has 0 radical (unpaired) electrons. The number of aliphatic hydroxyl groups excluding tert-OH is 4. The molecule has 1 aromatic heterocycles. The van der Waals surface area contributed by atoms with Gasteiger partial charge < -0.3 is 35.5 Å². The van der Waals surface area contributed by atoms with E-state index in [0.29, 0.717) is 5.16 Å². The Labute approximate surface area is 134 Å². The van der Waals surface area contributed by atoms with E-state index in [4.69, 9.17) is 21.4 Å². The third kappa shape index (κ3) is 3.38. The van der Waals surface area contributed by atoms with E-state index in [1.807, 2.05) is 0 Å². The van der Waals surface area contributed by atoms with Crippen LogP contribution >= 0.6 is 23.4 Å². The molecular weight excluding hydrogens is 338 g/mol. The Balaban J connectivity index is 2.26. The molecule has 1 aliphatic rings. The van der Waals surface area contributed by atoms with E-state index in [0.717, 1.165) is 0 Å². The van der Waals surface area contributed by atoms with Gasteiger partial charge in [-0.3, -0.25) is 4.79 Å². The predicted octanol–water partition coefficient (Wildman–Crippen LogP) is -1.64. The molecule has 0 amide bonds. The van der Waals surface area contributed by atoms with Gasteiger partial charge in [0.2, 0.25) is 0 Å². The maximum atomic E-state index is 11.7. The second-order valence-electron chi connectivity index (χ2n) is 4.63. The zero-order valence-electron chi connectivity index (χ0n) is 11.4. The predicted molar refractivity (Wildman–Crippen MR) is 79.0 cm³/mol. The van der Waals surface area contributed by atoms with Gasteiger partial charge in [-0.15, -0.1) is 0 Å². The van der Waals surface area contributed by atoms with Crippen LogP contribution in [0.4, 0.5) is 5.82 Å². The van der Waals surface area contributed by atoms with Gasteiger partial charge in [-0.1, -0.05) is 23.4 Å². The summed E-state index contributed by atoms with van der Waals surface area (Å²) in [7, 11) is 0. The second-order valence-corrected chi connectivity index (χ2v) is 5.80. The van der Waals surface area contributed by atoms with E-state index in [1.165, 1.54) is 11.8 Å². The van der Waals surface area contributed by atoms with Crippen molar-refractivity contribution in [3.8, 4) is 0 Å². The number of thioether (sulfide) groups is 1. The van der Waals surface area contributed by atoms with Gasteiger partial charge in [0.05, 0.1) is 6.61 Å². The number of halogens is 1. The molecule has 2 heterocycles. The molecule has 5 atom stereocenters. The van der Waals surface area contributed by atoms with Crippen LogP contribution in [0, 0.1) is 0 Å². The molecule has 124 valence electrons. The molecule has 1 aromatic rings. The number of H-pyrrole nitrogens is 1. The van der Waals surface area contributed by atoms with Crippen LogP contribution in [0.2, 0.25) is 5.02 Å². The number of ether oxygens (including phenoxy) is 1. The topological polar surface area (TPSA) is 148 Å². The molecule has 6 N–H and O–H groups in total. The summed E-state index contributed by atoms with van der Waals surface area (Å²) in [6.45, 7) is -0.560. The molecule has 1 saturated heterocycles. The lowest BCUT2D eigenvalue weighted by atomic mass is 9.98. The molecule has 22 heavy (non-hydrogen) atoms. The number of aromatic amines is 1. The number of hydrogen-bond donors (Lipinski definition) is 6. The molecule has 0 bridgehead atoms. The summed E-state index contributed by atoms with van der Waals surface area (Å²) >= 11 is 7.02. The molecule has 1 aliphatic heterocycles. The van der Waals surface area contributed by atoms with Crippen molar-refractivity contribution < 1.29 is 25.2 Å². The lowest BCUT2D eigenvalue weighted by molar-refractivity contribution is -0.221. The van der Waals surface area contributed by atoms with Gasteiger partial charge in [0.25, 0.3) is 5.56 Å². The molecule has 0 aromatic carbocycles. The lowest BCUT2D eigenvalue weighted by Crippen LogP contribution is -2.60. The van der Waals surface area contributed by atoms with Crippen LogP contribution in [0.5, 0.6) is 0 Å². The van der Waals surface area contributed by atoms with Gasteiger partial charge in [-0.05, 0) is 6.26 Å². The van der Waals surface area contributed by atoms with Crippen molar-refractivity contribution >= 4 is 29.2 Å². The highest BCUT2D eigenvalue weighted by Crippen LogP contribution is 2.25. The van der Waals surface area contributed by atoms with Crippen molar-refractivity contribution in [2.45, 2.75) is 35.8 Å². The Hall–Kier alpha value is -0.880. The quantitative estimate of drug-likeness (QED) is 0.277. The first kappa shape index (κ1) is 17.5. The minimum Gasteiger partial charge on any atom is -0.394 e. The zero-order valence-corrected chi connectivity index (χ0v) is 13.0. The third-order valence-corrected chi connectivity index (χ3v) is 4.14. The first-order valence-electron chi connectivity index (χ1n) is 6.30. The monoisotopic (exact) mass is 353 g/mol. The summed E-state index contributed by atoms with van der Waals surface area (Å²) in [4.78, 5) is 18.1. The van der Waals surface area contributed by atoms with E-state index in [2.05, 4.69) is 15.3 Å². The van der Waals surface area contributed by atoms with E-state index >= 15 is 0 Å². The molecule has 1 fully saturated rings. The number of aromatic nitrogens is 2. The highest BCUT2D eigenvalue weighted by molar-refractivity contribution is 7.98. The van der Waals surface area contributed by atoms with Crippen molar-refractivity contribution in [2.24, 2.45) is 0 Å². The summed E-state index contributed by atoms with van der Waals surface area (Å²) in [5, 5.41) is 41.1. The minimum absolute atomic E-state index is 0.0425. The lowest BCUT2D eigenvalue weighted by Gasteiger charge is -2.40. The summed E-state index contributed by atoms with van der Waals surface area (Å²) in [5.74, 6) is -0.0425. The summed E-state index contributed by atoms with van der Waals surface area (Å²) < 4.78 is 5.26. The number of nitrogens with zero attached hydrogens (tertiary/aromatic N) is 1. The minimum atomic E-state index is -1.54. The fourth-order valence-electron chi connectivity index (χ4n) is 1.99. The van der Waals surface area contributed by atoms with Crippen molar-refractivity contribution in [2.75, 3.05) is 18.2 Å². The normalized spacial score (nSPS) is 32.0. The number of rotatable bonds is 4. The number of aliphatic hydroxyl groups is 4. The number of anilines is 1. The zero-order chi connectivity index (χ0) is 16.4. The van der Waals surface area contributed by atoms with Gasteiger partial charge >= 0.3 is 0 Å². The fraction of sp³-hybridized carbons (Fsp3) is 0.636. The SMILES string of the molecule is CSc1nc(N[C@H]2O[C@@H](CO)[C@@H](O)[C@@H](O)[C@H]2O)c(Cl)c(=O)[nH]1. The van der Waals surface area contributed by atoms with Crippen LogP contribution in [-0.4, -0.2) is 73.9 Å². The summed E-state index contributed by atoms with van der Waals surface area (Å²) in [5.41, 5.74) is -0.576. The van der Waals surface area contributed by atoms with Crippen LogP contribution in [0.3, 0.4) is 0 Å². The van der Waals surface area contributed by atoms with Crippen LogP contribution in [0.25, 0.3) is 0 Å². The van der Waals surface area contributed by atoms with Crippen molar-refractivity contribution in [1.29, 1.82) is 0 Å². The molecule has 11 heteroatoms. The molecule has 0 spiro atoms. The second kappa shape index (κ2) is 7.13. The molecular formula is C11H16ClN3O6S. The van der Waals surface area contributed by atoms with Gasteiger partial charge in [0.1, 0.15) is 29.4 Å². The molecule has 0 saturated carbocycles. The Bertz CT molecular complexity index is 585. The molecule has 0 aliphatic carbocycles. The van der Waals surface area contributed by atoms with Gasteiger partial charge in [0.15, 0.2) is 17.2 Å². The average molecular weight is 354 g/mol. The molecule has 0 unspecified atom stereocenters. The highest BCUT2D eigenvalue weighted by atomic mass is 35.5. The maximum Gasteiger partial charge on any atom is 0.272 e. The smallest absolute Gasteiger partial charge is 0.272 e. The number of nitrogens with one attached hydrogen (secondary N) is 2. The van der Waals surface area contributed by atoms with E-state index < -0.39 is 42.8 Å². The van der Waals surface area contributed by atoms with E-state index in [1.54, 1.807) is 6.26 Å². The van der Waals surface area contributed by atoms with E-state index in [-0.39, 0.29) is 10.8 Å². The van der Waals surface area contributed by atoms with Crippen molar-refractivity contribution in [3.05, 3.63) is 15.4 Å². The van der Waals surface area contributed by atoms with Crippen LogP contribution < -0.4 is 10.9 Å². The maximum absolute atomic E-state index is 11.7. The Kier molecular flexibility index (Phi) is 5.66. The standard InChI is InChI=1S/C11H16ClN3O6S/c1-22-11-14-8(4(12)9(20)15-11)13-10-7(19)6(18)5(17)3(2-16)21-10/h3,5-7,10,16-19H,2H2,1H3,(H2,13,14,15,20)/t3-,5+,6+,7+,10-/m0/s1. The molecule has 9 nitrogen and oxygen atoms in total. The first-order valence-corrected chi connectivity index (χ1v) is 7.90. The fourth-order valence-corrected chi connectivity index (χ4v) is 2.51. The Morgan fingerprint density at radius 1 is 1.36 bits per heavy atom. The van der Waals surface area contributed by atoms with Crippen LogP contribution in [0.15, 0.2) is 9.95 Å². The third-order valence-electron chi connectivity index (χ3n) is 3.21. The average Bonchev–Trinajstić information content (AvgIpc) is 2.51. The van der Waals surface area contributed by atoms with Gasteiger partial charge in [-0.25, -0.2) is 4.98 Å². The Morgan fingerprint density at radius 3 is 2.64 bits per heavy atom. The highest BCUT2D eigenvalue weighted by Gasteiger charge is 2.43. The van der Waals surface area contributed by atoms with Crippen molar-refractivity contribution in [3.63, 3.8) is 0 Å². The van der Waals surface area contributed by atoms with E-state index in [9.17, 15) is 20.1 Å². The van der Waals surface area contributed by atoms with Gasteiger partial charge in [-0.2, -0.15) is 0 Å². The van der Waals surface area contributed by atoms with Crippen LogP contribution in [0.1, 0.15) is 0 Å². The van der Waals surface area contributed by atoms with Gasteiger partial charge in [0, 0.05) is 0 Å². The Morgan fingerprint density at radius 2 is 2.05 bits per heavy atom. The van der Waals surface area contributed by atoms with Crippen LogP contribution in [-0.2, 0) is 4.74 Å². The summed E-state index contributed by atoms with van der Waals surface area (Å²) in [6, 6.07) is 0. The van der Waals surface area contributed by atoms with Crippen molar-refractivity contribution in [1.82, 2.24) is 9.97 Å².